The Morgan fingerprint density at radius 3 is 2.43 bits per heavy atom. The van der Waals surface area contributed by atoms with Crippen molar-refractivity contribution < 1.29 is 4.39 Å². The summed E-state index contributed by atoms with van der Waals surface area (Å²) in [6.45, 7) is 5.35. The lowest BCUT2D eigenvalue weighted by Crippen LogP contribution is -2.19. The molecule has 2 aromatic carbocycles. The highest BCUT2D eigenvalue weighted by Crippen LogP contribution is 2.25. The second-order valence-electron chi connectivity index (χ2n) is 5.31. The van der Waals surface area contributed by atoms with Gasteiger partial charge >= 0.3 is 0 Å². The maximum Gasteiger partial charge on any atom is 0.125 e. The SMILES string of the molecule is CCCNC(C)c1ccc(N(C)c2cccc(F)c2)cc1. The van der Waals surface area contributed by atoms with Crippen LogP contribution in [0.1, 0.15) is 31.9 Å². The minimum atomic E-state index is -0.214. The van der Waals surface area contributed by atoms with Gasteiger partial charge in [0.1, 0.15) is 5.82 Å². The molecule has 0 saturated heterocycles. The topological polar surface area (TPSA) is 15.3 Å². The predicted octanol–water partition coefficient (Wildman–Crippen LogP) is 4.65. The van der Waals surface area contributed by atoms with Gasteiger partial charge in [-0.2, -0.15) is 0 Å². The lowest BCUT2D eigenvalue weighted by atomic mass is 10.1. The van der Waals surface area contributed by atoms with Crippen LogP contribution in [0.5, 0.6) is 0 Å². The molecule has 0 radical (unpaired) electrons. The number of anilines is 2. The van der Waals surface area contributed by atoms with E-state index in [9.17, 15) is 4.39 Å². The molecule has 0 fully saturated rings. The molecular formula is C18H23FN2. The zero-order valence-electron chi connectivity index (χ0n) is 12.9. The van der Waals surface area contributed by atoms with Crippen molar-refractivity contribution in [3.63, 3.8) is 0 Å². The van der Waals surface area contributed by atoms with E-state index in [1.165, 1.54) is 11.6 Å². The first-order valence-electron chi connectivity index (χ1n) is 7.44. The highest BCUT2D eigenvalue weighted by molar-refractivity contribution is 5.62. The minimum absolute atomic E-state index is 0.214. The Kier molecular flexibility index (Phi) is 5.34. The summed E-state index contributed by atoms with van der Waals surface area (Å²) in [7, 11) is 1.95. The molecule has 0 aliphatic rings. The van der Waals surface area contributed by atoms with Gasteiger partial charge in [0.05, 0.1) is 0 Å². The molecule has 0 aliphatic carbocycles. The number of halogens is 1. The van der Waals surface area contributed by atoms with Crippen LogP contribution < -0.4 is 10.2 Å². The average molecular weight is 286 g/mol. The highest BCUT2D eigenvalue weighted by atomic mass is 19.1. The number of nitrogens with zero attached hydrogens (tertiary/aromatic N) is 1. The van der Waals surface area contributed by atoms with Crippen LogP contribution in [0.2, 0.25) is 0 Å². The summed E-state index contributed by atoms with van der Waals surface area (Å²) in [5.41, 5.74) is 3.16. The fourth-order valence-corrected chi connectivity index (χ4v) is 2.30. The largest absolute Gasteiger partial charge is 0.345 e. The smallest absolute Gasteiger partial charge is 0.125 e. The summed E-state index contributed by atoms with van der Waals surface area (Å²) in [5.74, 6) is -0.214. The Hall–Kier alpha value is -1.87. The first kappa shape index (κ1) is 15.5. The second kappa shape index (κ2) is 7.23. The summed E-state index contributed by atoms with van der Waals surface area (Å²) in [6, 6.07) is 15.4. The van der Waals surface area contributed by atoms with Crippen molar-refractivity contribution in [2.24, 2.45) is 0 Å². The van der Waals surface area contributed by atoms with Gasteiger partial charge in [0.15, 0.2) is 0 Å². The molecule has 0 aliphatic heterocycles. The predicted molar refractivity (Wildman–Crippen MR) is 87.6 cm³/mol. The van der Waals surface area contributed by atoms with Gasteiger partial charge in [0.25, 0.3) is 0 Å². The lowest BCUT2D eigenvalue weighted by Gasteiger charge is -2.21. The lowest BCUT2D eigenvalue weighted by molar-refractivity contribution is 0.571. The van der Waals surface area contributed by atoms with Crippen LogP contribution in [-0.2, 0) is 0 Å². The quantitative estimate of drug-likeness (QED) is 0.831. The van der Waals surface area contributed by atoms with Crippen molar-refractivity contribution in [1.29, 1.82) is 0 Å². The molecule has 0 aromatic heterocycles. The molecule has 21 heavy (non-hydrogen) atoms. The summed E-state index contributed by atoms with van der Waals surface area (Å²) < 4.78 is 13.3. The fourth-order valence-electron chi connectivity index (χ4n) is 2.30. The maximum absolute atomic E-state index is 13.3. The Morgan fingerprint density at radius 1 is 1.10 bits per heavy atom. The fraction of sp³-hybridized carbons (Fsp3) is 0.333. The molecule has 1 atom stereocenters. The average Bonchev–Trinajstić information content (AvgIpc) is 2.52. The van der Waals surface area contributed by atoms with Crippen LogP contribution in [0.4, 0.5) is 15.8 Å². The monoisotopic (exact) mass is 286 g/mol. The summed E-state index contributed by atoms with van der Waals surface area (Å²) in [6.07, 6.45) is 1.13. The molecular weight excluding hydrogens is 263 g/mol. The van der Waals surface area contributed by atoms with Crippen LogP contribution in [0.15, 0.2) is 48.5 Å². The molecule has 0 heterocycles. The van der Waals surface area contributed by atoms with E-state index in [-0.39, 0.29) is 5.82 Å². The van der Waals surface area contributed by atoms with Crippen molar-refractivity contribution in [3.8, 4) is 0 Å². The van der Waals surface area contributed by atoms with Crippen LogP contribution in [0.25, 0.3) is 0 Å². The van der Waals surface area contributed by atoms with Crippen molar-refractivity contribution in [2.75, 3.05) is 18.5 Å². The molecule has 3 heteroatoms. The van der Waals surface area contributed by atoms with Crippen LogP contribution in [-0.4, -0.2) is 13.6 Å². The van der Waals surface area contributed by atoms with E-state index in [4.69, 9.17) is 0 Å². The number of benzene rings is 2. The summed E-state index contributed by atoms with van der Waals surface area (Å²) in [4.78, 5) is 1.98. The number of nitrogens with one attached hydrogen (secondary N) is 1. The Balaban J connectivity index is 2.11. The van der Waals surface area contributed by atoms with Crippen LogP contribution >= 0.6 is 0 Å². The first-order valence-corrected chi connectivity index (χ1v) is 7.44. The van der Waals surface area contributed by atoms with E-state index < -0.39 is 0 Å². The van der Waals surface area contributed by atoms with Gasteiger partial charge in [0.2, 0.25) is 0 Å². The van der Waals surface area contributed by atoms with E-state index in [2.05, 4.69) is 43.4 Å². The normalized spacial score (nSPS) is 12.2. The third-order valence-corrected chi connectivity index (χ3v) is 3.68. The molecule has 0 amide bonds. The number of rotatable bonds is 6. The molecule has 0 saturated carbocycles. The number of hydrogen-bond acceptors (Lipinski definition) is 2. The molecule has 1 unspecified atom stereocenters. The third-order valence-electron chi connectivity index (χ3n) is 3.68. The van der Waals surface area contributed by atoms with Gasteiger partial charge in [-0.25, -0.2) is 4.39 Å². The van der Waals surface area contributed by atoms with E-state index in [1.807, 2.05) is 18.0 Å². The van der Waals surface area contributed by atoms with Crippen molar-refractivity contribution in [3.05, 3.63) is 59.9 Å². The Morgan fingerprint density at radius 2 is 1.81 bits per heavy atom. The standard InChI is InChI=1S/C18H23FN2/c1-4-12-20-14(2)15-8-10-17(11-9-15)21(3)18-7-5-6-16(19)13-18/h5-11,13-14,20H,4,12H2,1-3H3. The van der Waals surface area contributed by atoms with Crippen molar-refractivity contribution in [1.82, 2.24) is 5.32 Å². The minimum Gasteiger partial charge on any atom is -0.345 e. The van der Waals surface area contributed by atoms with E-state index >= 15 is 0 Å². The van der Waals surface area contributed by atoms with E-state index in [0.717, 1.165) is 24.3 Å². The van der Waals surface area contributed by atoms with Gasteiger partial charge in [-0.15, -0.1) is 0 Å². The van der Waals surface area contributed by atoms with Crippen LogP contribution in [0.3, 0.4) is 0 Å². The Labute approximate surface area is 126 Å². The van der Waals surface area contributed by atoms with Gasteiger partial charge < -0.3 is 10.2 Å². The number of hydrogen-bond donors (Lipinski definition) is 1. The molecule has 0 spiro atoms. The Bertz CT molecular complexity index is 566. The third kappa shape index (κ3) is 4.05. The first-order chi connectivity index (χ1) is 10.1. The molecule has 112 valence electrons. The molecule has 2 nitrogen and oxygen atoms in total. The summed E-state index contributed by atoms with van der Waals surface area (Å²) >= 11 is 0. The van der Waals surface area contributed by atoms with Gasteiger partial charge in [-0.05, 0) is 55.8 Å². The van der Waals surface area contributed by atoms with Gasteiger partial charge in [-0.3, -0.25) is 0 Å². The van der Waals surface area contributed by atoms with E-state index in [1.54, 1.807) is 12.1 Å². The van der Waals surface area contributed by atoms with Gasteiger partial charge in [-0.1, -0.05) is 25.1 Å². The molecule has 1 N–H and O–H groups in total. The van der Waals surface area contributed by atoms with Crippen molar-refractivity contribution >= 4 is 11.4 Å². The zero-order valence-corrected chi connectivity index (χ0v) is 12.9. The van der Waals surface area contributed by atoms with E-state index in [0.29, 0.717) is 6.04 Å². The maximum atomic E-state index is 13.3. The summed E-state index contributed by atoms with van der Waals surface area (Å²) in [5, 5.41) is 3.47. The van der Waals surface area contributed by atoms with Gasteiger partial charge in [0, 0.05) is 24.5 Å². The molecule has 2 aromatic rings. The van der Waals surface area contributed by atoms with Crippen molar-refractivity contribution in [2.45, 2.75) is 26.3 Å². The van der Waals surface area contributed by atoms with Crippen LogP contribution in [0, 0.1) is 5.82 Å². The molecule has 2 rings (SSSR count). The second-order valence-corrected chi connectivity index (χ2v) is 5.31. The molecule has 0 bridgehead atoms. The highest BCUT2D eigenvalue weighted by Gasteiger charge is 2.07. The zero-order chi connectivity index (χ0) is 15.2.